The summed E-state index contributed by atoms with van der Waals surface area (Å²) in [6, 6.07) is 15.2. The van der Waals surface area contributed by atoms with Crippen molar-refractivity contribution in [3.05, 3.63) is 81.9 Å². The fraction of sp³-hybridized carbons (Fsp3) is 0.238. The number of aryl methyl sites for hydroxylation is 1. The molecule has 0 aliphatic carbocycles. The zero-order valence-corrected chi connectivity index (χ0v) is 15.8. The van der Waals surface area contributed by atoms with Crippen molar-refractivity contribution < 1.29 is 4.39 Å². The van der Waals surface area contributed by atoms with Gasteiger partial charge in [0.25, 0.3) is 0 Å². The molecule has 0 saturated carbocycles. The van der Waals surface area contributed by atoms with Crippen molar-refractivity contribution in [1.29, 1.82) is 0 Å². The monoisotopic (exact) mass is 382 g/mol. The highest BCUT2D eigenvalue weighted by atomic mass is 35.5. The lowest BCUT2D eigenvalue weighted by Crippen LogP contribution is -2.31. The lowest BCUT2D eigenvalue weighted by atomic mass is 10.1. The van der Waals surface area contributed by atoms with Crippen LogP contribution in [0.2, 0.25) is 5.15 Å². The Morgan fingerprint density at radius 3 is 2.78 bits per heavy atom. The maximum atomic E-state index is 14.0. The van der Waals surface area contributed by atoms with Gasteiger partial charge in [0, 0.05) is 31.6 Å². The van der Waals surface area contributed by atoms with Gasteiger partial charge in [0.05, 0.1) is 11.4 Å². The summed E-state index contributed by atoms with van der Waals surface area (Å²) < 4.78 is 14.0. The molecule has 1 aromatic heterocycles. The summed E-state index contributed by atoms with van der Waals surface area (Å²) in [4.78, 5) is 11.3. The molecule has 4 nitrogen and oxygen atoms in total. The molecule has 1 aliphatic rings. The van der Waals surface area contributed by atoms with Crippen LogP contribution in [0.4, 0.5) is 16.0 Å². The molecule has 2 heterocycles. The van der Waals surface area contributed by atoms with Crippen molar-refractivity contribution in [3.8, 4) is 0 Å². The normalized spacial score (nSPS) is 14.0. The van der Waals surface area contributed by atoms with E-state index in [0.29, 0.717) is 23.3 Å². The summed E-state index contributed by atoms with van der Waals surface area (Å²) in [6.07, 6.45) is 0.787. The van der Waals surface area contributed by atoms with Gasteiger partial charge in [-0.1, -0.05) is 48.0 Å². The van der Waals surface area contributed by atoms with E-state index < -0.39 is 0 Å². The van der Waals surface area contributed by atoms with Crippen molar-refractivity contribution in [2.45, 2.75) is 26.4 Å². The molecular formula is C21H20ClFN4. The first-order valence-corrected chi connectivity index (χ1v) is 9.31. The van der Waals surface area contributed by atoms with Crippen LogP contribution in [-0.2, 0) is 19.5 Å². The molecule has 3 aromatic rings. The number of aromatic nitrogens is 2. The van der Waals surface area contributed by atoms with Gasteiger partial charge in [-0.05, 0) is 30.2 Å². The first-order chi connectivity index (χ1) is 13.1. The first kappa shape index (κ1) is 17.9. The Labute approximate surface area is 163 Å². The van der Waals surface area contributed by atoms with Crippen molar-refractivity contribution in [1.82, 2.24) is 14.9 Å². The molecule has 1 aliphatic heterocycles. The van der Waals surface area contributed by atoms with Gasteiger partial charge >= 0.3 is 0 Å². The highest BCUT2D eigenvalue weighted by molar-refractivity contribution is 6.30. The van der Waals surface area contributed by atoms with Crippen molar-refractivity contribution in [2.75, 3.05) is 11.9 Å². The Morgan fingerprint density at radius 2 is 1.96 bits per heavy atom. The molecule has 1 N–H and O–H groups in total. The van der Waals surface area contributed by atoms with Gasteiger partial charge in [-0.25, -0.2) is 14.4 Å². The van der Waals surface area contributed by atoms with E-state index in [0.717, 1.165) is 36.3 Å². The Balaban J connectivity index is 1.53. The van der Waals surface area contributed by atoms with E-state index in [1.807, 2.05) is 25.1 Å². The number of halogens is 2. The van der Waals surface area contributed by atoms with Crippen LogP contribution >= 0.6 is 11.6 Å². The summed E-state index contributed by atoms with van der Waals surface area (Å²) in [5.74, 6) is -0.00756. The number of fused-ring (bicyclic) bond motifs is 1. The van der Waals surface area contributed by atoms with Gasteiger partial charge < -0.3 is 5.32 Å². The van der Waals surface area contributed by atoms with E-state index >= 15 is 0 Å². The first-order valence-electron chi connectivity index (χ1n) is 8.93. The average molecular weight is 383 g/mol. The summed E-state index contributed by atoms with van der Waals surface area (Å²) >= 11 is 6.44. The van der Waals surface area contributed by atoms with E-state index in [2.05, 4.69) is 32.3 Å². The topological polar surface area (TPSA) is 41.1 Å². The van der Waals surface area contributed by atoms with Gasteiger partial charge in [-0.2, -0.15) is 0 Å². The standard InChI is InChI=1S/C21H20ClFN4/c1-14-7-8-17(23)19(11-14)25-21-24-18-9-10-27(13-16(18)20(22)26-21)12-15-5-3-2-4-6-15/h2-8,11H,9-10,12-13H2,1H3,(H,24,25,26). The number of anilines is 2. The number of nitrogens with one attached hydrogen (secondary N) is 1. The summed E-state index contributed by atoms with van der Waals surface area (Å²) in [5.41, 5.74) is 4.46. The smallest absolute Gasteiger partial charge is 0.228 e. The zero-order valence-electron chi connectivity index (χ0n) is 15.0. The van der Waals surface area contributed by atoms with Crippen LogP contribution in [0.3, 0.4) is 0 Å². The Morgan fingerprint density at radius 1 is 1.15 bits per heavy atom. The Kier molecular flexibility index (Phi) is 5.05. The van der Waals surface area contributed by atoms with Crippen molar-refractivity contribution >= 4 is 23.2 Å². The van der Waals surface area contributed by atoms with Crippen LogP contribution in [-0.4, -0.2) is 21.4 Å². The maximum Gasteiger partial charge on any atom is 0.228 e. The van der Waals surface area contributed by atoms with E-state index in [1.165, 1.54) is 11.6 Å². The lowest BCUT2D eigenvalue weighted by Gasteiger charge is -2.28. The molecule has 0 bridgehead atoms. The number of rotatable bonds is 4. The third-order valence-corrected chi connectivity index (χ3v) is 5.02. The number of nitrogens with zero attached hydrogens (tertiary/aromatic N) is 3. The molecule has 0 saturated heterocycles. The summed E-state index contributed by atoms with van der Waals surface area (Å²) in [7, 11) is 0. The van der Waals surface area contributed by atoms with E-state index in [9.17, 15) is 4.39 Å². The molecule has 0 spiro atoms. The minimum atomic E-state index is -0.341. The Bertz CT molecular complexity index is 962. The van der Waals surface area contributed by atoms with Crippen LogP contribution in [0.25, 0.3) is 0 Å². The molecule has 2 aromatic carbocycles. The van der Waals surface area contributed by atoms with Crippen LogP contribution in [0, 0.1) is 12.7 Å². The predicted molar refractivity (Wildman–Crippen MR) is 106 cm³/mol. The molecule has 0 fully saturated rings. The van der Waals surface area contributed by atoms with Crippen LogP contribution in [0.1, 0.15) is 22.4 Å². The fourth-order valence-corrected chi connectivity index (χ4v) is 3.57. The number of hydrogen-bond donors (Lipinski definition) is 1. The van der Waals surface area contributed by atoms with Crippen LogP contribution in [0.15, 0.2) is 48.5 Å². The lowest BCUT2D eigenvalue weighted by molar-refractivity contribution is 0.243. The minimum Gasteiger partial charge on any atom is -0.322 e. The highest BCUT2D eigenvalue weighted by Gasteiger charge is 2.22. The van der Waals surface area contributed by atoms with Crippen molar-refractivity contribution in [2.24, 2.45) is 0 Å². The van der Waals surface area contributed by atoms with Gasteiger partial charge in [0.15, 0.2) is 0 Å². The van der Waals surface area contributed by atoms with Crippen LogP contribution < -0.4 is 5.32 Å². The molecule has 6 heteroatoms. The molecule has 138 valence electrons. The van der Waals surface area contributed by atoms with Gasteiger partial charge in [0.2, 0.25) is 5.95 Å². The fourth-order valence-electron chi connectivity index (χ4n) is 3.32. The molecule has 0 unspecified atom stereocenters. The zero-order chi connectivity index (χ0) is 18.8. The number of hydrogen-bond acceptors (Lipinski definition) is 4. The van der Waals surface area contributed by atoms with Crippen LogP contribution in [0.5, 0.6) is 0 Å². The SMILES string of the molecule is Cc1ccc(F)c(Nc2nc(Cl)c3c(n2)CCN(Cc2ccccc2)C3)c1. The van der Waals surface area contributed by atoms with Gasteiger partial charge in [-0.3, -0.25) is 4.90 Å². The molecule has 0 amide bonds. The largest absolute Gasteiger partial charge is 0.322 e. The maximum absolute atomic E-state index is 14.0. The molecule has 27 heavy (non-hydrogen) atoms. The second kappa shape index (κ2) is 7.62. The molecule has 0 radical (unpaired) electrons. The van der Waals surface area contributed by atoms with Gasteiger partial charge in [-0.15, -0.1) is 0 Å². The van der Waals surface area contributed by atoms with E-state index in [1.54, 1.807) is 12.1 Å². The van der Waals surface area contributed by atoms with Crippen molar-refractivity contribution in [3.63, 3.8) is 0 Å². The number of benzene rings is 2. The highest BCUT2D eigenvalue weighted by Crippen LogP contribution is 2.27. The second-order valence-corrected chi connectivity index (χ2v) is 7.18. The molecule has 4 rings (SSSR count). The van der Waals surface area contributed by atoms with E-state index in [4.69, 9.17) is 11.6 Å². The average Bonchev–Trinajstić information content (AvgIpc) is 2.66. The summed E-state index contributed by atoms with van der Waals surface area (Å²) in [5, 5.41) is 3.38. The third-order valence-electron chi connectivity index (χ3n) is 4.71. The Hall–Kier alpha value is -2.50. The minimum absolute atomic E-state index is 0.333. The third kappa shape index (κ3) is 4.10. The molecule has 0 atom stereocenters. The predicted octanol–water partition coefficient (Wildman–Crippen LogP) is 4.88. The van der Waals surface area contributed by atoms with E-state index in [-0.39, 0.29) is 5.82 Å². The second-order valence-electron chi connectivity index (χ2n) is 6.82. The quantitative estimate of drug-likeness (QED) is 0.653. The van der Waals surface area contributed by atoms with Gasteiger partial charge in [0.1, 0.15) is 11.0 Å². The molecular weight excluding hydrogens is 363 g/mol. The summed E-state index contributed by atoms with van der Waals surface area (Å²) in [6.45, 7) is 4.38.